The van der Waals surface area contributed by atoms with E-state index in [4.69, 9.17) is 5.26 Å². The van der Waals surface area contributed by atoms with Crippen molar-refractivity contribution in [2.75, 3.05) is 13.1 Å². The van der Waals surface area contributed by atoms with Crippen molar-refractivity contribution in [3.8, 4) is 6.07 Å². The molecule has 0 saturated carbocycles. The van der Waals surface area contributed by atoms with Crippen LogP contribution in [0.25, 0.3) is 0 Å². The zero-order chi connectivity index (χ0) is 18.1. The summed E-state index contributed by atoms with van der Waals surface area (Å²) >= 11 is 0. The van der Waals surface area contributed by atoms with Gasteiger partial charge in [-0.25, -0.2) is 0 Å². The monoisotopic (exact) mass is 334 g/mol. The second-order valence-corrected chi connectivity index (χ2v) is 5.50. The van der Waals surface area contributed by atoms with Gasteiger partial charge in [-0.05, 0) is 12.8 Å². The maximum Gasteiger partial charge on any atom is 0.287 e. The molecule has 1 heterocycles. The Labute approximate surface area is 140 Å². The quantitative estimate of drug-likeness (QED) is 0.507. The Bertz CT molecular complexity index is 682. The molecular formula is C16H22N4O4. The molecule has 24 heavy (non-hydrogen) atoms. The molecular weight excluding hydrogens is 312 g/mol. The van der Waals surface area contributed by atoms with Crippen molar-refractivity contribution in [2.24, 2.45) is 0 Å². The van der Waals surface area contributed by atoms with E-state index in [0.29, 0.717) is 13.1 Å². The molecule has 0 bridgehead atoms. The summed E-state index contributed by atoms with van der Waals surface area (Å²) in [6.07, 6.45) is 4.58. The van der Waals surface area contributed by atoms with Gasteiger partial charge >= 0.3 is 0 Å². The van der Waals surface area contributed by atoms with E-state index in [9.17, 15) is 19.7 Å². The molecule has 1 aromatic rings. The van der Waals surface area contributed by atoms with Crippen LogP contribution in [0.1, 0.15) is 45.1 Å². The fourth-order valence-electron chi connectivity index (χ4n) is 2.22. The minimum atomic E-state index is -0.692. The van der Waals surface area contributed by atoms with Crippen molar-refractivity contribution in [2.45, 2.75) is 46.1 Å². The SMILES string of the molecule is CCCCN(CCCC)C(=O)Cn1cc([N+](=O)[O-])cc(C#N)c1=O. The van der Waals surface area contributed by atoms with Gasteiger partial charge in [0.25, 0.3) is 11.2 Å². The highest BCUT2D eigenvalue weighted by molar-refractivity contribution is 5.76. The van der Waals surface area contributed by atoms with Crippen LogP contribution < -0.4 is 5.56 Å². The van der Waals surface area contributed by atoms with Gasteiger partial charge in [0.15, 0.2) is 0 Å². The predicted octanol–water partition coefficient (Wildman–Crippen LogP) is 2.06. The van der Waals surface area contributed by atoms with Crippen LogP contribution in [0.15, 0.2) is 17.1 Å². The minimum Gasteiger partial charge on any atom is -0.341 e. The fourth-order valence-corrected chi connectivity index (χ4v) is 2.22. The first kappa shape index (κ1) is 19.4. The van der Waals surface area contributed by atoms with Crippen molar-refractivity contribution in [3.05, 3.63) is 38.3 Å². The van der Waals surface area contributed by atoms with Gasteiger partial charge in [0.1, 0.15) is 18.2 Å². The van der Waals surface area contributed by atoms with Gasteiger partial charge in [0.2, 0.25) is 5.91 Å². The number of carbonyl (C=O) groups excluding carboxylic acids is 1. The Kier molecular flexibility index (Phi) is 7.62. The van der Waals surface area contributed by atoms with Crippen molar-refractivity contribution < 1.29 is 9.72 Å². The first-order valence-corrected chi connectivity index (χ1v) is 8.01. The van der Waals surface area contributed by atoms with Crippen LogP contribution in [0.4, 0.5) is 5.69 Å². The largest absolute Gasteiger partial charge is 0.341 e. The number of carbonyl (C=O) groups is 1. The Morgan fingerprint density at radius 3 is 2.38 bits per heavy atom. The lowest BCUT2D eigenvalue weighted by atomic mass is 10.2. The van der Waals surface area contributed by atoms with Crippen molar-refractivity contribution >= 4 is 11.6 Å². The predicted molar refractivity (Wildman–Crippen MR) is 88.5 cm³/mol. The number of nitro groups is 1. The normalized spacial score (nSPS) is 10.2. The molecule has 130 valence electrons. The number of nitrogens with zero attached hydrogens (tertiary/aromatic N) is 4. The highest BCUT2D eigenvalue weighted by Crippen LogP contribution is 2.10. The number of rotatable bonds is 9. The summed E-state index contributed by atoms with van der Waals surface area (Å²) in [6, 6.07) is 2.57. The molecule has 1 amide bonds. The minimum absolute atomic E-state index is 0.275. The van der Waals surface area contributed by atoms with E-state index in [0.717, 1.165) is 42.5 Å². The number of unbranched alkanes of at least 4 members (excludes halogenated alkanes) is 2. The van der Waals surface area contributed by atoms with Crippen molar-refractivity contribution in [1.29, 1.82) is 5.26 Å². The van der Waals surface area contributed by atoms with Crippen LogP contribution in [0.5, 0.6) is 0 Å². The van der Waals surface area contributed by atoms with Crippen LogP contribution in [0.3, 0.4) is 0 Å². The van der Waals surface area contributed by atoms with Crippen LogP contribution in [0, 0.1) is 21.4 Å². The number of aromatic nitrogens is 1. The first-order valence-electron chi connectivity index (χ1n) is 8.01. The molecule has 0 fully saturated rings. The van der Waals surface area contributed by atoms with E-state index in [-0.39, 0.29) is 23.7 Å². The highest BCUT2D eigenvalue weighted by atomic mass is 16.6. The van der Waals surface area contributed by atoms with Gasteiger partial charge in [-0.3, -0.25) is 24.3 Å². The second-order valence-electron chi connectivity index (χ2n) is 5.50. The highest BCUT2D eigenvalue weighted by Gasteiger charge is 2.18. The molecule has 0 spiro atoms. The van der Waals surface area contributed by atoms with Gasteiger partial charge in [-0.15, -0.1) is 0 Å². The molecule has 0 atom stereocenters. The summed E-state index contributed by atoms with van der Waals surface area (Å²) in [7, 11) is 0. The summed E-state index contributed by atoms with van der Waals surface area (Å²) in [5, 5.41) is 19.9. The molecule has 0 aromatic carbocycles. The Morgan fingerprint density at radius 2 is 1.92 bits per heavy atom. The molecule has 1 aromatic heterocycles. The maximum absolute atomic E-state index is 12.5. The summed E-state index contributed by atoms with van der Waals surface area (Å²) < 4.78 is 0.948. The average Bonchev–Trinajstić information content (AvgIpc) is 2.56. The second kappa shape index (κ2) is 9.45. The number of pyridine rings is 1. The summed E-state index contributed by atoms with van der Waals surface area (Å²) in [5.41, 5.74) is -1.42. The third-order valence-corrected chi connectivity index (χ3v) is 3.62. The molecule has 8 nitrogen and oxygen atoms in total. The van der Waals surface area contributed by atoms with Crippen LogP contribution in [0.2, 0.25) is 0 Å². The molecule has 0 aliphatic carbocycles. The molecule has 0 saturated heterocycles. The summed E-state index contributed by atoms with van der Waals surface area (Å²) in [4.78, 5) is 36.5. The van der Waals surface area contributed by atoms with E-state index in [1.165, 1.54) is 0 Å². The Balaban J connectivity index is 3.06. The van der Waals surface area contributed by atoms with E-state index in [2.05, 4.69) is 0 Å². The third-order valence-electron chi connectivity index (χ3n) is 3.62. The van der Waals surface area contributed by atoms with Crippen LogP contribution in [-0.4, -0.2) is 33.4 Å². The first-order chi connectivity index (χ1) is 11.4. The molecule has 1 rings (SSSR count). The lowest BCUT2D eigenvalue weighted by molar-refractivity contribution is -0.385. The van der Waals surface area contributed by atoms with Gasteiger partial charge in [0.05, 0.1) is 11.1 Å². The summed E-state index contributed by atoms with van der Waals surface area (Å²) in [6.45, 7) is 4.91. The van der Waals surface area contributed by atoms with E-state index in [1.807, 2.05) is 13.8 Å². The van der Waals surface area contributed by atoms with Crippen LogP contribution in [-0.2, 0) is 11.3 Å². The molecule has 8 heteroatoms. The number of nitriles is 1. The van der Waals surface area contributed by atoms with E-state index in [1.54, 1.807) is 11.0 Å². The topological polar surface area (TPSA) is 109 Å². The van der Waals surface area contributed by atoms with Crippen molar-refractivity contribution in [1.82, 2.24) is 9.47 Å². The Hall–Kier alpha value is -2.69. The summed E-state index contributed by atoms with van der Waals surface area (Å²) in [5.74, 6) is -0.275. The van der Waals surface area contributed by atoms with Gasteiger partial charge in [0, 0.05) is 19.2 Å². The number of amides is 1. The third kappa shape index (κ3) is 5.19. The standard InChI is InChI=1S/C16H22N4O4/c1-3-5-7-18(8-6-4-2)15(21)12-19-11-14(20(23)24)9-13(10-17)16(19)22/h9,11H,3-8,12H2,1-2H3. The molecule has 0 unspecified atom stereocenters. The smallest absolute Gasteiger partial charge is 0.287 e. The van der Waals surface area contributed by atoms with Gasteiger partial charge in [-0.1, -0.05) is 26.7 Å². The molecule has 0 aliphatic rings. The zero-order valence-corrected chi connectivity index (χ0v) is 14.0. The molecule has 0 radical (unpaired) electrons. The van der Waals surface area contributed by atoms with Crippen molar-refractivity contribution in [3.63, 3.8) is 0 Å². The number of hydrogen-bond acceptors (Lipinski definition) is 5. The maximum atomic E-state index is 12.5. The lowest BCUT2D eigenvalue weighted by Gasteiger charge is -2.22. The van der Waals surface area contributed by atoms with Gasteiger partial charge < -0.3 is 4.90 Å². The van der Waals surface area contributed by atoms with E-state index >= 15 is 0 Å². The number of hydrogen-bond donors (Lipinski definition) is 0. The Morgan fingerprint density at radius 1 is 1.33 bits per heavy atom. The van der Waals surface area contributed by atoms with Crippen LogP contribution >= 0.6 is 0 Å². The lowest BCUT2D eigenvalue weighted by Crippen LogP contribution is -2.38. The molecule has 0 N–H and O–H groups in total. The van der Waals surface area contributed by atoms with E-state index < -0.39 is 10.5 Å². The fraction of sp³-hybridized carbons (Fsp3) is 0.562. The van der Waals surface area contributed by atoms with Gasteiger partial charge in [-0.2, -0.15) is 5.26 Å². The molecule has 0 aliphatic heterocycles. The average molecular weight is 334 g/mol. The zero-order valence-electron chi connectivity index (χ0n) is 14.0.